The Balaban J connectivity index is 2.03. The molecule has 1 aromatic rings. The normalized spacial score (nSPS) is 16.6. The third kappa shape index (κ3) is 3.46. The monoisotopic (exact) mass is 313 g/mol. The fourth-order valence-corrected chi connectivity index (χ4v) is 2.68. The van der Waals surface area contributed by atoms with Crippen molar-refractivity contribution < 1.29 is 9.47 Å². The predicted octanol–water partition coefficient (Wildman–Crippen LogP) is 3.14. The molecule has 1 unspecified atom stereocenters. The van der Waals surface area contributed by atoms with Crippen molar-refractivity contribution in [2.24, 2.45) is 5.92 Å². The van der Waals surface area contributed by atoms with E-state index in [2.05, 4.69) is 33.4 Å². The van der Waals surface area contributed by atoms with E-state index in [1.54, 1.807) is 7.11 Å². The second-order valence-electron chi connectivity index (χ2n) is 4.63. The molecular weight excluding hydrogens is 294 g/mol. The van der Waals surface area contributed by atoms with Crippen LogP contribution in [0.1, 0.15) is 24.4 Å². The first-order valence-corrected chi connectivity index (χ1v) is 7.14. The van der Waals surface area contributed by atoms with Crippen molar-refractivity contribution in [3.8, 4) is 5.75 Å². The van der Waals surface area contributed by atoms with Crippen LogP contribution in [0.4, 0.5) is 0 Å². The molecule has 0 aliphatic heterocycles. The zero-order valence-corrected chi connectivity index (χ0v) is 12.5. The average molecular weight is 314 g/mol. The Labute approximate surface area is 117 Å². The largest absolute Gasteiger partial charge is 0.490 e. The van der Waals surface area contributed by atoms with Crippen molar-refractivity contribution in [3.63, 3.8) is 0 Å². The van der Waals surface area contributed by atoms with Gasteiger partial charge >= 0.3 is 0 Å². The lowest BCUT2D eigenvalue weighted by molar-refractivity contribution is 0.146. The Morgan fingerprint density at radius 2 is 2.17 bits per heavy atom. The zero-order valence-electron chi connectivity index (χ0n) is 10.9. The van der Waals surface area contributed by atoms with Gasteiger partial charge in [-0.15, -0.1) is 0 Å². The first-order chi connectivity index (χ1) is 8.76. The lowest BCUT2D eigenvalue weighted by atomic mass is 10.0. The molecule has 0 saturated heterocycles. The van der Waals surface area contributed by atoms with Crippen molar-refractivity contribution in [2.45, 2.75) is 18.9 Å². The number of hydrogen-bond donors (Lipinski definition) is 1. The van der Waals surface area contributed by atoms with Crippen molar-refractivity contribution >= 4 is 15.9 Å². The number of hydrogen-bond acceptors (Lipinski definition) is 3. The lowest BCUT2D eigenvalue weighted by Gasteiger charge is -2.17. The summed E-state index contributed by atoms with van der Waals surface area (Å²) in [7, 11) is 3.70. The number of ether oxygens (including phenoxy) is 2. The van der Waals surface area contributed by atoms with E-state index >= 15 is 0 Å². The van der Waals surface area contributed by atoms with Crippen molar-refractivity contribution in [1.82, 2.24) is 5.32 Å². The molecule has 0 spiro atoms. The maximum atomic E-state index is 5.63. The Morgan fingerprint density at radius 3 is 2.72 bits per heavy atom. The number of halogens is 1. The third-order valence-corrected chi connectivity index (χ3v) is 3.88. The van der Waals surface area contributed by atoms with Gasteiger partial charge in [0.1, 0.15) is 12.4 Å². The van der Waals surface area contributed by atoms with Crippen LogP contribution in [-0.2, 0) is 4.74 Å². The van der Waals surface area contributed by atoms with Gasteiger partial charge in [0.15, 0.2) is 0 Å². The maximum Gasteiger partial charge on any atom is 0.133 e. The standard InChI is InChI=1S/C14H20BrNO2/c1-16-14(10-3-4-10)11-5-6-13(12(15)9-11)18-8-7-17-2/h5-6,9-10,14,16H,3-4,7-8H2,1-2H3. The highest BCUT2D eigenvalue weighted by molar-refractivity contribution is 9.10. The van der Waals surface area contributed by atoms with Crippen LogP contribution in [0, 0.1) is 5.92 Å². The average Bonchev–Trinajstić information content (AvgIpc) is 3.17. The van der Waals surface area contributed by atoms with Crippen LogP contribution in [0.15, 0.2) is 22.7 Å². The first-order valence-electron chi connectivity index (χ1n) is 6.34. The van der Waals surface area contributed by atoms with E-state index in [1.165, 1.54) is 18.4 Å². The van der Waals surface area contributed by atoms with E-state index in [0.29, 0.717) is 19.3 Å². The van der Waals surface area contributed by atoms with Crippen LogP contribution in [-0.4, -0.2) is 27.4 Å². The molecule has 1 fully saturated rings. The number of nitrogens with one attached hydrogen (secondary N) is 1. The molecular formula is C14H20BrNO2. The summed E-state index contributed by atoms with van der Waals surface area (Å²) < 4.78 is 11.6. The number of benzene rings is 1. The molecule has 0 aromatic heterocycles. The minimum atomic E-state index is 0.467. The second-order valence-corrected chi connectivity index (χ2v) is 5.49. The van der Waals surface area contributed by atoms with E-state index < -0.39 is 0 Å². The molecule has 0 amide bonds. The molecule has 1 N–H and O–H groups in total. The van der Waals surface area contributed by atoms with Gasteiger partial charge in [0.05, 0.1) is 11.1 Å². The van der Waals surface area contributed by atoms with Crippen LogP contribution < -0.4 is 10.1 Å². The molecule has 1 aliphatic carbocycles. The van der Waals surface area contributed by atoms with Crippen molar-refractivity contribution in [2.75, 3.05) is 27.4 Å². The topological polar surface area (TPSA) is 30.5 Å². The Hall–Kier alpha value is -0.580. The molecule has 0 radical (unpaired) electrons. The van der Waals surface area contributed by atoms with Gasteiger partial charge in [-0.3, -0.25) is 0 Å². The van der Waals surface area contributed by atoms with E-state index in [4.69, 9.17) is 9.47 Å². The van der Waals surface area contributed by atoms with Crippen LogP contribution in [0.5, 0.6) is 5.75 Å². The van der Waals surface area contributed by atoms with Gasteiger partial charge in [-0.25, -0.2) is 0 Å². The molecule has 2 rings (SSSR count). The molecule has 3 nitrogen and oxygen atoms in total. The van der Waals surface area contributed by atoms with Crippen LogP contribution in [0.25, 0.3) is 0 Å². The van der Waals surface area contributed by atoms with E-state index in [1.807, 2.05) is 13.1 Å². The fraction of sp³-hybridized carbons (Fsp3) is 0.571. The first kappa shape index (κ1) is 13.8. The predicted molar refractivity (Wildman–Crippen MR) is 76.0 cm³/mol. The molecule has 18 heavy (non-hydrogen) atoms. The summed E-state index contributed by atoms with van der Waals surface area (Å²) in [6.45, 7) is 1.18. The van der Waals surface area contributed by atoms with Gasteiger partial charge < -0.3 is 14.8 Å². The van der Waals surface area contributed by atoms with Crippen LogP contribution in [0.3, 0.4) is 0 Å². The SMILES string of the molecule is CNC(c1ccc(OCCOC)c(Br)c1)C1CC1. The summed E-state index contributed by atoms with van der Waals surface area (Å²) in [5, 5.41) is 3.40. The summed E-state index contributed by atoms with van der Waals surface area (Å²) in [5.41, 5.74) is 1.32. The molecule has 4 heteroatoms. The fourth-order valence-electron chi connectivity index (χ4n) is 2.17. The maximum absolute atomic E-state index is 5.63. The highest BCUT2D eigenvalue weighted by atomic mass is 79.9. The van der Waals surface area contributed by atoms with Gasteiger partial charge in [0.2, 0.25) is 0 Å². The summed E-state index contributed by atoms with van der Waals surface area (Å²) in [6, 6.07) is 6.80. The summed E-state index contributed by atoms with van der Waals surface area (Å²) in [6.07, 6.45) is 2.66. The molecule has 1 aliphatic rings. The molecule has 1 atom stereocenters. The smallest absolute Gasteiger partial charge is 0.133 e. The molecule has 0 heterocycles. The summed E-state index contributed by atoms with van der Waals surface area (Å²) in [5.74, 6) is 1.67. The summed E-state index contributed by atoms with van der Waals surface area (Å²) in [4.78, 5) is 0. The Morgan fingerprint density at radius 1 is 1.39 bits per heavy atom. The lowest BCUT2D eigenvalue weighted by Crippen LogP contribution is -2.18. The van der Waals surface area contributed by atoms with E-state index in [-0.39, 0.29) is 0 Å². The Kier molecular flexibility index (Phi) is 5.03. The zero-order chi connectivity index (χ0) is 13.0. The van der Waals surface area contributed by atoms with E-state index in [0.717, 1.165) is 16.1 Å². The second kappa shape index (κ2) is 6.55. The summed E-state index contributed by atoms with van der Waals surface area (Å²) >= 11 is 3.57. The number of rotatable bonds is 7. The highest BCUT2D eigenvalue weighted by Gasteiger charge is 2.31. The molecule has 1 aromatic carbocycles. The van der Waals surface area contributed by atoms with Gasteiger partial charge in [0.25, 0.3) is 0 Å². The quantitative estimate of drug-likeness (QED) is 0.784. The van der Waals surface area contributed by atoms with Gasteiger partial charge in [0, 0.05) is 13.2 Å². The van der Waals surface area contributed by atoms with Crippen molar-refractivity contribution in [3.05, 3.63) is 28.2 Å². The number of methoxy groups -OCH3 is 1. The van der Waals surface area contributed by atoms with Gasteiger partial charge in [-0.1, -0.05) is 6.07 Å². The van der Waals surface area contributed by atoms with Gasteiger partial charge in [-0.05, 0) is 59.4 Å². The molecule has 0 bridgehead atoms. The highest BCUT2D eigenvalue weighted by Crippen LogP contribution is 2.42. The van der Waals surface area contributed by atoms with Gasteiger partial charge in [-0.2, -0.15) is 0 Å². The third-order valence-electron chi connectivity index (χ3n) is 3.26. The molecule has 1 saturated carbocycles. The molecule has 100 valence electrons. The Bertz CT molecular complexity index is 393. The minimum Gasteiger partial charge on any atom is -0.490 e. The van der Waals surface area contributed by atoms with Crippen LogP contribution >= 0.6 is 15.9 Å². The van der Waals surface area contributed by atoms with Crippen LogP contribution in [0.2, 0.25) is 0 Å². The van der Waals surface area contributed by atoms with E-state index in [9.17, 15) is 0 Å². The van der Waals surface area contributed by atoms with Crippen molar-refractivity contribution in [1.29, 1.82) is 0 Å². The minimum absolute atomic E-state index is 0.467.